The maximum Gasteiger partial charge on any atom is 0.140 e. The van der Waals surface area contributed by atoms with E-state index < -0.39 is 0 Å². The zero-order valence-corrected chi connectivity index (χ0v) is 12.9. The van der Waals surface area contributed by atoms with Crippen LogP contribution in [0.4, 0.5) is 10.2 Å². The molecule has 0 atom stereocenters. The molecule has 4 nitrogen and oxygen atoms in total. The molecular formula is C17H18FN3O. The average molecular weight is 299 g/mol. The SMILES string of the molecule is CCOc1cc(C)c(-c2nc3ccc(F)cn3c2N)cc1C. The first-order chi connectivity index (χ1) is 10.5. The Morgan fingerprint density at radius 1 is 1.23 bits per heavy atom. The van der Waals surface area contributed by atoms with Gasteiger partial charge in [-0.2, -0.15) is 0 Å². The summed E-state index contributed by atoms with van der Waals surface area (Å²) in [4.78, 5) is 4.53. The van der Waals surface area contributed by atoms with Gasteiger partial charge in [-0.1, -0.05) is 0 Å². The van der Waals surface area contributed by atoms with Crippen molar-refractivity contribution >= 4 is 11.5 Å². The fraction of sp³-hybridized carbons (Fsp3) is 0.235. The molecule has 5 heteroatoms. The molecule has 2 aromatic heterocycles. The maximum absolute atomic E-state index is 13.4. The van der Waals surface area contributed by atoms with E-state index in [1.807, 2.05) is 32.9 Å². The lowest BCUT2D eigenvalue weighted by Gasteiger charge is -2.11. The average Bonchev–Trinajstić information content (AvgIpc) is 2.80. The summed E-state index contributed by atoms with van der Waals surface area (Å²) in [7, 11) is 0. The third-order valence-electron chi connectivity index (χ3n) is 3.70. The van der Waals surface area contributed by atoms with Crippen molar-refractivity contribution in [1.29, 1.82) is 0 Å². The van der Waals surface area contributed by atoms with Crippen LogP contribution in [-0.4, -0.2) is 16.0 Å². The fourth-order valence-corrected chi connectivity index (χ4v) is 2.59. The van der Waals surface area contributed by atoms with Crippen LogP contribution in [0.5, 0.6) is 5.75 Å². The van der Waals surface area contributed by atoms with Gasteiger partial charge in [0.25, 0.3) is 0 Å². The van der Waals surface area contributed by atoms with Crippen LogP contribution >= 0.6 is 0 Å². The lowest BCUT2D eigenvalue weighted by molar-refractivity contribution is 0.337. The van der Waals surface area contributed by atoms with Gasteiger partial charge in [-0.25, -0.2) is 9.37 Å². The normalized spacial score (nSPS) is 11.1. The summed E-state index contributed by atoms with van der Waals surface area (Å²) in [5, 5.41) is 0. The first kappa shape index (κ1) is 14.4. The van der Waals surface area contributed by atoms with E-state index in [9.17, 15) is 4.39 Å². The molecule has 1 aromatic carbocycles. The summed E-state index contributed by atoms with van der Waals surface area (Å²) in [5.74, 6) is 0.945. The van der Waals surface area contributed by atoms with Gasteiger partial charge in [-0.05, 0) is 56.2 Å². The largest absolute Gasteiger partial charge is 0.494 e. The van der Waals surface area contributed by atoms with Gasteiger partial charge >= 0.3 is 0 Å². The van der Waals surface area contributed by atoms with Crippen LogP contribution in [0.25, 0.3) is 16.9 Å². The third kappa shape index (κ3) is 2.28. The summed E-state index contributed by atoms with van der Waals surface area (Å²) >= 11 is 0. The predicted octanol–water partition coefficient (Wildman–Crippen LogP) is 3.74. The molecule has 0 unspecified atom stereocenters. The molecule has 0 fully saturated rings. The van der Waals surface area contributed by atoms with Crippen LogP contribution in [0.1, 0.15) is 18.1 Å². The number of anilines is 1. The minimum Gasteiger partial charge on any atom is -0.494 e. The standard InChI is InChI=1S/C17H18FN3O/c1-4-22-14-8-10(2)13(7-11(14)3)16-17(19)21-9-12(18)5-6-15(21)20-16/h5-9H,4,19H2,1-3H3. The second-order valence-electron chi connectivity index (χ2n) is 5.29. The van der Waals surface area contributed by atoms with Crippen LogP contribution in [0.15, 0.2) is 30.5 Å². The highest BCUT2D eigenvalue weighted by Crippen LogP contribution is 2.33. The van der Waals surface area contributed by atoms with Crippen molar-refractivity contribution in [1.82, 2.24) is 9.38 Å². The Bertz CT molecular complexity index is 855. The van der Waals surface area contributed by atoms with E-state index in [-0.39, 0.29) is 5.82 Å². The molecule has 2 N–H and O–H groups in total. The monoisotopic (exact) mass is 299 g/mol. The molecule has 114 valence electrons. The van der Waals surface area contributed by atoms with Crippen molar-refractivity contribution in [3.8, 4) is 17.0 Å². The zero-order valence-electron chi connectivity index (χ0n) is 12.9. The summed E-state index contributed by atoms with van der Waals surface area (Å²) in [6.45, 7) is 6.55. The van der Waals surface area contributed by atoms with E-state index in [0.29, 0.717) is 23.8 Å². The molecule has 0 saturated heterocycles. The first-order valence-corrected chi connectivity index (χ1v) is 7.18. The first-order valence-electron chi connectivity index (χ1n) is 7.18. The summed E-state index contributed by atoms with van der Waals surface area (Å²) in [6, 6.07) is 6.99. The van der Waals surface area contributed by atoms with E-state index >= 15 is 0 Å². The van der Waals surface area contributed by atoms with Crippen molar-refractivity contribution in [2.24, 2.45) is 0 Å². The number of rotatable bonds is 3. The van der Waals surface area contributed by atoms with Gasteiger partial charge < -0.3 is 10.5 Å². The highest BCUT2D eigenvalue weighted by molar-refractivity contribution is 5.78. The molecule has 0 radical (unpaired) electrons. The number of ether oxygens (including phenoxy) is 1. The van der Waals surface area contributed by atoms with Crippen molar-refractivity contribution in [3.05, 3.63) is 47.4 Å². The Balaban J connectivity index is 2.19. The number of aryl methyl sites for hydroxylation is 2. The quantitative estimate of drug-likeness (QED) is 0.801. The number of nitrogens with two attached hydrogens (primary N) is 1. The number of nitrogen functional groups attached to an aromatic ring is 1. The van der Waals surface area contributed by atoms with Gasteiger partial charge in [0.05, 0.1) is 6.61 Å². The molecule has 0 amide bonds. The Morgan fingerprint density at radius 3 is 2.73 bits per heavy atom. The van der Waals surface area contributed by atoms with Crippen molar-refractivity contribution in [3.63, 3.8) is 0 Å². The molecule has 3 aromatic rings. The molecule has 0 bridgehead atoms. The molecule has 0 aliphatic carbocycles. The summed E-state index contributed by atoms with van der Waals surface area (Å²) in [5.41, 5.74) is 10.4. The van der Waals surface area contributed by atoms with Crippen molar-refractivity contribution in [2.75, 3.05) is 12.3 Å². The van der Waals surface area contributed by atoms with Crippen molar-refractivity contribution < 1.29 is 9.13 Å². The molecular weight excluding hydrogens is 281 g/mol. The van der Waals surface area contributed by atoms with Crippen LogP contribution in [0.2, 0.25) is 0 Å². The number of imidazole rings is 1. The van der Waals surface area contributed by atoms with Gasteiger partial charge in [-0.3, -0.25) is 4.40 Å². The van der Waals surface area contributed by atoms with Gasteiger partial charge in [0.1, 0.15) is 28.7 Å². The Labute approximate surface area is 128 Å². The number of nitrogens with zero attached hydrogens (tertiary/aromatic N) is 2. The number of fused-ring (bicyclic) bond motifs is 1. The molecule has 0 aliphatic heterocycles. The van der Waals surface area contributed by atoms with Crippen LogP contribution in [0.3, 0.4) is 0 Å². The molecule has 3 rings (SSSR count). The van der Waals surface area contributed by atoms with Gasteiger partial charge in [0.2, 0.25) is 0 Å². The molecule has 0 spiro atoms. The molecule has 22 heavy (non-hydrogen) atoms. The summed E-state index contributed by atoms with van der Waals surface area (Å²) in [6.07, 6.45) is 1.35. The Morgan fingerprint density at radius 2 is 2.00 bits per heavy atom. The lowest BCUT2D eigenvalue weighted by Crippen LogP contribution is -1.98. The number of hydrogen-bond acceptors (Lipinski definition) is 3. The van der Waals surface area contributed by atoms with Crippen LogP contribution < -0.4 is 10.5 Å². The zero-order chi connectivity index (χ0) is 15.9. The highest BCUT2D eigenvalue weighted by Gasteiger charge is 2.15. The fourth-order valence-electron chi connectivity index (χ4n) is 2.59. The minimum atomic E-state index is -0.345. The number of benzene rings is 1. The topological polar surface area (TPSA) is 52.5 Å². The van der Waals surface area contributed by atoms with E-state index in [1.165, 1.54) is 12.3 Å². The highest BCUT2D eigenvalue weighted by atomic mass is 19.1. The minimum absolute atomic E-state index is 0.345. The Kier molecular flexibility index (Phi) is 3.48. The third-order valence-corrected chi connectivity index (χ3v) is 3.70. The number of hydrogen-bond donors (Lipinski definition) is 1. The number of aromatic nitrogens is 2. The van der Waals surface area contributed by atoms with Gasteiger partial charge in [0, 0.05) is 11.8 Å². The second kappa shape index (κ2) is 5.33. The van der Waals surface area contributed by atoms with Crippen molar-refractivity contribution in [2.45, 2.75) is 20.8 Å². The van der Waals surface area contributed by atoms with Gasteiger partial charge in [0.15, 0.2) is 0 Å². The van der Waals surface area contributed by atoms with E-state index in [4.69, 9.17) is 10.5 Å². The number of pyridine rings is 1. The van der Waals surface area contributed by atoms with Gasteiger partial charge in [-0.15, -0.1) is 0 Å². The Hall–Kier alpha value is -2.56. The summed E-state index contributed by atoms with van der Waals surface area (Å²) < 4.78 is 20.6. The molecule has 0 saturated carbocycles. The second-order valence-corrected chi connectivity index (χ2v) is 5.29. The maximum atomic E-state index is 13.4. The molecule has 2 heterocycles. The lowest BCUT2D eigenvalue weighted by atomic mass is 10.0. The van der Waals surface area contributed by atoms with E-state index in [2.05, 4.69) is 4.98 Å². The predicted molar refractivity (Wildman–Crippen MR) is 85.6 cm³/mol. The smallest absolute Gasteiger partial charge is 0.140 e. The number of halogens is 1. The van der Waals surface area contributed by atoms with Crippen LogP contribution in [-0.2, 0) is 0 Å². The van der Waals surface area contributed by atoms with E-state index in [1.54, 1.807) is 10.5 Å². The van der Waals surface area contributed by atoms with Crippen LogP contribution in [0, 0.1) is 19.7 Å². The molecule has 0 aliphatic rings. The van der Waals surface area contributed by atoms with E-state index in [0.717, 1.165) is 22.4 Å².